The molecule has 1 heterocycles. The topological polar surface area (TPSA) is 49.4 Å². The summed E-state index contributed by atoms with van der Waals surface area (Å²) in [7, 11) is 0. The Bertz CT molecular complexity index is 572. The minimum absolute atomic E-state index is 0.0724. The SMILES string of the molecule is O=C1NCC(=O)N(Cc2cc(F)ccc2F)C1C1CC1. The lowest BCUT2D eigenvalue weighted by Crippen LogP contribution is -2.58. The van der Waals surface area contributed by atoms with E-state index in [0.717, 1.165) is 31.0 Å². The number of rotatable bonds is 3. The van der Waals surface area contributed by atoms with Crippen LogP contribution in [-0.4, -0.2) is 29.3 Å². The lowest BCUT2D eigenvalue weighted by Gasteiger charge is -2.35. The highest BCUT2D eigenvalue weighted by Crippen LogP contribution is 2.37. The zero-order valence-electron chi connectivity index (χ0n) is 10.7. The monoisotopic (exact) mass is 280 g/mol. The van der Waals surface area contributed by atoms with E-state index in [0.29, 0.717) is 0 Å². The second-order valence-electron chi connectivity index (χ2n) is 5.26. The van der Waals surface area contributed by atoms with Crippen molar-refractivity contribution in [3.63, 3.8) is 0 Å². The Hall–Kier alpha value is -1.98. The van der Waals surface area contributed by atoms with Crippen molar-refractivity contribution < 1.29 is 18.4 Å². The summed E-state index contributed by atoms with van der Waals surface area (Å²) in [5, 5.41) is 2.55. The molecule has 1 saturated carbocycles. The van der Waals surface area contributed by atoms with Crippen molar-refractivity contribution in [1.29, 1.82) is 0 Å². The fourth-order valence-corrected chi connectivity index (χ4v) is 2.58. The van der Waals surface area contributed by atoms with Crippen LogP contribution in [0.5, 0.6) is 0 Å². The molecule has 1 unspecified atom stereocenters. The third-order valence-corrected chi connectivity index (χ3v) is 3.76. The molecule has 1 N–H and O–H groups in total. The van der Waals surface area contributed by atoms with E-state index in [1.807, 2.05) is 0 Å². The summed E-state index contributed by atoms with van der Waals surface area (Å²) in [5.74, 6) is -1.46. The molecule has 106 valence electrons. The van der Waals surface area contributed by atoms with Gasteiger partial charge in [-0.1, -0.05) is 0 Å². The second kappa shape index (κ2) is 4.85. The molecule has 20 heavy (non-hydrogen) atoms. The summed E-state index contributed by atoms with van der Waals surface area (Å²) >= 11 is 0. The third-order valence-electron chi connectivity index (χ3n) is 3.76. The molecule has 2 fully saturated rings. The molecule has 4 nitrogen and oxygen atoms in total. The standard InChI is InChI=1S/C14H14F2N2O2/c15-10-3-4-11(16)9(5-10)7-18-12(19)6-17-14(20)13(18)8-1-2-8/h3-5,8,13H,1-2,6-7H2,(H,17,20). The Morgan fingerprint density at radius 3 is 2.70 bits per heavy atom. The number of carbonyl (C=O) groups is 2. The number of hydrogen-bond acceptors (Lipinski definition) is 2. The highest BCUT2D eigenvalue weighted by atomic mass is 19.1. The molecule has 0 aromatic heterocycles. The van der Waals surface area contributed by atoms with Crippen molar-refractivity contribution in [2.75, 3.05) is 6.54 Å². The minimum atomic E-state index is -0.570. The maximum atomic E-state index is 13.7. The number of halogens is 2. The van der Waals surface area contributed by atoms with E-state index in [1.54, 1.807) is 0 Å². The predicted octanol–water partition coefficient (Wildman–Crippen LogP) is 1.20. The Balaban J connectivity index is 1.87. The number of nitrogens with one attached hydrogen (secondary N) is 1. The molecule has 1 saturated heterocycles. The van der Waals surface area contributed by atoms with Crippen molar-refractivity contribution in [1.82, 2.24) is 10.2 Å². The highest BCUT2D eigenvalue weighted by Gasteiger charge is 2.44. The molecule has 1 aliphatic heterocycles. The van der Waals surface area contributed by atoms with Crippen LogP contribution in [0.3, 0.4) is 0 Å². The van der Waals surface area contributed by atoms with E-state index < -0.39 is 17.7 Å². The van der Waals surface area contributed by atoms with E-state index in [9.17, 15) is 18.4 Å². The van der Waals surface area contributed by atoms with Crippen LogP contribution in [-0.2, 0) is 16.1 Å². The van der Waals surface area contributed by atoms with Gasteiger partial charge >= 0.3 is 0 Å². The van der Waals surface area contributed by atoms with Crippen molar-refractivity contribution in [3.8, 4) is 0 Å². The van der Waals surface area contributed by atoms with Gasteiger partial charge in [0.1, 0.15) is 17.7 Å². The molecule has 3 rings (SSSR count). The van der Waals surface area contributed by atoms with E-state index in [1.165, 1.54) is 4.90 Å². The summed E-state index contributed by atoms with van der Waals surface area (Å²) in [6.45, 7) is -0.157. The van der Waals surface area contributed by atoms with Gasteiger partial charge in [-0.2, -0.15) is 0 Å². The summed E-state index contributed by atoms with van der Waals surface area (Å²) in [4.78, 5) is 25.2. The van der Waals surface area contributed by atoms with Gasteiger partial charge in [0.25, 0.3) is 0 Å². The maximum Gasteiger partial charge on any atom is 0.243 e. The van der Waals surface area contributed by atoms with Gasteiger partial charge in [-0.15, -0.1) is 0 Å². The summed E-state index contributed by atoms with van der Waals surface area (Å²) < 4.78 is 26.9. The van der Waals surface area contributed by atoms with Gasteiger partial charge in [0.05, 0.1) is 6.54 Å². The first-order valence-corrected chi connectivity index (χ1v) is 6.57. The van der Waals surface area contributed by atoms with E-state index in [-0.39, 0.29) is 36.4 Å². The molecular weight excluding hydrogens is 266 g/mol. The van der Waals surface area contributed by atoms with Crippen molar-refractivity contribution >= 4 is 11.8 Å². The number of benzene rings is 1. The predicted molar refractivity (Wildman–Crippen MR) is 66.4 cm³/mol. The van der Waals surface area contributed by atoms with Crippen LogP contribution < -0.4 is 5.32 Å². The first-order valence-electron chi connectivity index (χ1n) is 6.57. The first-order chi connectivity index (χ1) is 9.56. The van der Waals surface area contributed by atoms with E-state index >= 15 is 0 Å². The van der Waals surface area contributed by atoms with Gasteiger partial charge in [0, 0.05) is 12.1 Å². The molecule has 2 amide bonds. The first kappa shape index (κ1) is 13.0. The van der Waals surface area contributed by atoms with Crippen LogP contribution in [0.2, 0.25) is 0 Å². The molecule has 6 heteroatoms. The van der Waals surface area contributed by atoms with Crippen LogP contribution >= 0.6 is 0 Å². The number of carbonyl (C=O) groups excluding carboxylic acids is 2. The van der Waals surface area contributed by atoms with Gasteiger partial charge < -0.3 is 10.2 Å². The van der Waals surface area contributed by atoms with Crippen LogP contribution in [0, 0.1) is 17.6 Å². The zero-order valence-corrected chi connectivity index (χ0v) is 10.7. The summed E-state index contributed by atoms with van der Waals surface area (Å²) in [5.41, 5.74) is 0.0960. The number of amides is 2. The van der Waals surface area contributed by atoms with Crippen LogP contribution in [0.25, 0.3) is 0 Å². The number of nitrogens with zero attached hydrogens (tertiary/aromatic N) is 1. The molecule has 1 aromatic rings. The Kier molecular flexibility index (Phi) is 3.16. The minimum Gasteiger partial charge on any atom is -0.345 e. The molecule has 2 aliphatic rings. The van der Waals surface area contributed by atoms with Gasteiger partial charge in [0.15, 0.2) is 0 Å². The lowest BCUT2D eigenvalue weighted by molar-refractivity contribution is -0.147. The molecule has 1 atom stereocenters. The van der Waals surface area contributed by atoms with Crippen LogP contribution in [0.4, 0.5) is 8.78 Å². The Morgan fingerprint density at radius 2 is 2.00 bits per heavy atom. The molecule has 0 bridgehead atoms. The average Bonchev–Trinajstić information content (AvgIpc) is 3.22. The molecular formula is C14H14F2N2O2. The fourth-order valence-electron chi connectivity index (χ4n) is 2.58. The second-order valence-corrected chi connectivity index (χ2v) is 5.26. The largest absolute Gasteiger partial charge is 0.345 e. The van der Waals surface area contributed by atoms with E-state index in [2.05, 4.69) is 5.32 Å². The van der Waals surface area contributed by atoms with Crippen molar-refractivity contribution in [3.05, 3.63) is 35.4 Å². The smallest absolute Gasteiger partial charge is 0.243 e. The van der Waals surface area contributed by atoms with Gasteiger partial charge in [-0.05, 0) is 37.0 Å². The molecule has 0 radical (unpaired) electrons. The van der Waals surface area contributed by atoms with Gasteiger partial charge in [-0.3, -0.25) is 9.59 Å². The van der Waals surface area contributed by atoms with Gasteiger partial charge in [-0.25, -0.2) is 8.78 Å². The lowest BCUT2D eigenvalue weighted by atomic mass is 10.1. The number of hydrogen-bond donors (Lipinski definition) is 1. The quantitative estimate of drug-likeness (QED) is 0.904. The summed E-state index contributed by atoms with van der Waals surface area (Å²) in [6.07, 6.45) is 1.76. The van der Waals surface area contributed by atoms with E-state index in [4.69, 9.17) is 0 Å². The Morgan fingerprint density at radius 1 is 1.25 bits per heavy atom. The van der Waals surface area contributed by atoms with Crippen molar-refractivity contribution in [2.24, 2.45) is 5.92 Å². The number of piperazine rings is 1. The Labute approximate surface area is 114 Å². The molecule has 1 aromatic carbocycles. The fraction of sp³-hybridized carbons (Fsp3) is 0.429. The highest BCUT2D eigenvalue weighted by molar-refractivity contribution is 5.95. The van der Waals surface area contributed by atoms with Gasteiger partial charge in [0.2, 0.25) is 11.8 Å². The maximum absolute atomic E-state index is 13.7. The summed E-state index contributed by atoms with van der Waals surface area (Å²) in [6, 6.07) is 2.57. The third kappa shape index (κ3) is 2.37. The van der Waals surface area contributed by atoms with Crippen LogP contribution in [0.15, 0.2) is 18.2 Å². The molecule has 1 aliphatic carbocycles. The van der Waals surface area contributed by atoms with Crippen molar-refractivity contribution in [2.45, 2.75) is 25.4 Å². The molecule has 0 spiro atoms. The normalized spacial score (nSPS) is 22.9. The average molecular weight is 280 g/mol. The zero-order chi connectivity index (χ0) is 14.3. The van der Waals surface area contributed by atoms with Crippen LogP contribution in [0.1, 0.15) is 18.4 Å².